The zero-order valence-corrected chi connectivity index (χ0v) is 11.8. The van der Waals surface area contributed by atoms with Crippen LogP contribution in [0.25, 0.3) is 0 Å². The van der Waals surface area contributed by atoms with Gasteiger partial charge in [0, 0.05) is 18.9 Å². The standard InChI is InChI=1S/C12H14N4O3S/c1-8-5-9(20(13,18)19)3-4-10(8)15-12(17)11-6-16(2)7-14-11/h3-7H,1-2H3,(H,15,17)(H2,13,18,19). The summed E-state index contributed by atoms with van der Waals surface area (Å²) in [5.41, 5.74) is 1.39. The summed E-state index contributed by atoms with van der Waals surface area (Å²) in [5, 5.41) is 7.71. The van der Waals surface area contributed by atoms with Crippen molar-refractivity contribution in [3.05, 3.63) is 42.0 Å². The zero-order valence-electron chi connectivity index (χ0n) is 11.0. The molecule has 0 aliphatic carbocycles. The average molecular weight is 294 g/mol. The molecule has 106 valence electrons. The Balaban J connectivity index is 2.25. The molecule has 0 aliphatic heterocycles. The van der Waals surface area contributed by atoms with Crippen molar-refractivity contribution in [3.63, 3.8) is 0 Å². The zero-order chi connectivity index (χ0) is 14.9. The van der Waals surface area contributed by atoms with Crippen molar-refractivity contribution >= 4 is 21.6 Å². The largest absolute Gasteiger partial charge is 0.340 e. The van der Waals surface area contributed by atoms with Crippen LogP contribution in [0.4, 0.5) is 5.69 Å². The summed E-state index contributed by atoms with van der Waals surface area (Å²) >= 11 is 0. The smallest absolute Gasteiger partial charge is 0.275 e. The van der Waals surface area contributed by atoms with Gasteiger partial charge in [0.2, 0.25) is 10.0 Å². The van der Waals surface area contributed by atoms with Crippen LogP contribution in [0.2, 0.25) is 0 Å². The van der Waals surface area contributed by atoms with Crippen LogP contribution in [0, 0.1) is 6.92 Å². The molecule has 2 rings (SSSR count). The van der Waals surface area contributed by atoms with Gasteiger partial charge >= 0.3 is 0 Å². The maximum absolute atomic E-state index is 11.9. The molecule has 0 spiro atoms. The average Bonchev–Trinajstić information content (AvgIpc) is 2.77. The highest BCUT2D eigenvalue weighted by atomic mass is 32.2. The summed E-state index contributed by atoms with van der Waals surface area (Å²) < 4.78 is 24.1. The number of nitrogens with two attached hydrogens (primary N) is 1. The van der Waals surface area contributed by atoms with Gasteiger partial charge in [-0.3, -0.25) is 4.79 Å². The van der Waals surface area contributed by atoms with Crippen LogP contribution in [0.5, 0.6) is 0 Å². The highest BCUT2D eigenvalue weighted by molar-refractivity contribution is 7.89. The van der Waals surface area contributed by atoms with Gasteiger partial charge in [0.1, 0.15) is 5.69 Å². The lowest BCUT2D eigenvalue weighted by Gasteiger charge is -2.08. The van der Waals surface area contributed by atoms with Crippen molar-refractivity contribution in [2.75, 3.05) is 5.32 Å². The molecule has 0 saturated carbocycles. The fourth-order valence-electron chi connectivity index (χ4n) is 1.67. The number of imidazole rings is 1. The Morgan fingerprint density at radius 1 is 1.40 bits per heavy atom. The Morgan fingerprint density at radius 3 is 2.60 bits per heavy atom. The molecule has 0 radical (unpaired) electrons. The number of amides is 1. The Morgan fingerprint density at radius 2 is 2.10 bits per heavy atom. The molecule has 3 N–H and O–H groups in total. The summed E-state index contributed by atoms with van der Waals surface area (Å²) in [6.07, 6.45) is 3.11. The fraction of sp³-hybridized carbons (Fsp3) is 0.167. The van der Waals surface area contributed by atoms with Crippen LogP contribution in [-0.4, -0.2) is 23.9 Å². The SMILES string of the molecule is Cc1cc(S(N)(=O)=O)ccc1NC(=O)c1cn(C)cn1. The van der Waals surface area contributed by atoms with Crippen LogP contribution >= 0.6 is 0 Å². The van der Waals surface area contributed by atoms with E-state index >= 15 is 0 Å². The van der Waals surface area contributed by atoms with Crippen molar-refractivity contribution in [1.29, 1.82) is 0 Å². The molecule has 0 saturated heterocycles. The minimum atomic E-state index is -3.75. The summed E-state index contributed by atoms with van der Waals surface area (Å²) in [6, 6.07) is 4.25. The highest BCUT2D eigenvalue weighted by Gasteiger charge is 2.13. The second-order valence-corrected chi connectivity index (χ2v) is 5.96. The van der Waals surface area contributed by atoms with Crippen LogP contribution < -0.4 is 10.5 Å². The Bertz CT molecular complexity index is 765. The molecule has 0 atom stereocenters. The third-order valence-corrected chi connectivity index (χ3v) is 3.62. The van der Waals surface area contributed by atoms with Gasteiger partial charge in [0.15, 0.2) is 0 Å². The van der Waals surface area contributed by atoms with E-state index < -0.39 is 10.0 Å². The minimum Gasteiger partial charge on any atom is -0.340 e. The number of benzene rings is 1. The van der Waals surface area contributed by atoms with E-state index in [-0.39, 0.29) is 16.5 Å². The second kappa shape index (κ2) is 5.06. The first-order valence-corrected chi connectivity index (χ1v) is 7.25. The van der Waals surface area contributed by atoms with E-state index in [4.69, 9.17) is 5.14 Å². The predicted molar refractivity (Wildman–Crippen MR) is 73.7 cm³/mol. The second-order valence-electron chi connectivity index (χ2n) is 4.40. The monoisotopic (exact) mass is 294 g/mol. The maximum Gasteiger partial charge on any atom is 0.275 e. The normalized spacial score (nSPS) is 11.3. The van der Waals surface area contributed by atoms with Crippen molar-refractivity contribution in [3.8, 4) is 0 Å². The molecular formula is C12H14N4O3S. The van der Waals surface area contributed by atoms with Gasteiger partial charge in [-0.25, -0.2) is 18.5 Å². The maximum atomic E-state index is 11.9. The lowest BCUT2D eigenvalue weighted by Crippen LogP contribution is -2.15. The van der Waals surface area contributed by atoms with Gasteiger partial charge in [0.25, 0.3) is 5.91 Å². The summed E-state index contributed by atoms with van der Waals surface area (Å²) in [4.78, 5) is 15.9. The van der Waals surface area contributed by atoms with Gasteiger partial charge in [-0.1, -0.05) is 0 Å². The lowest BCUT2D eigenvalue weighted by atomic mass is 10.2. The Hall–Kier alpha value is -2.19. The number of anilines is 1. The van der Waals surface area contributed by atoms with E-state index in [9.17, 15) is 13.2 Å². The number of nitrogens with zero attached hydrogens (tertiary/aromatic N) is 2. The van der Waals surface area contributed by atoms with Gasteiger partial charge in [0.05, 0.1) is 11.2 Å². The van der Waals surface area contributed by atoms with Crippen LogP contribution in [-0.2, 0) is 17.1 Å². The van der Waals surface area contributed by atoms with Crippen molar-refractivity contribution in [2.24, 2.45) is 12.2 Å². The summed E-state index contributed by atoms with van der Waals surface area (Å²) in [6.45, 7) is 1.68. The highest BCUT2D eigenvalue weighted by Crippen LogP contribution is 2.19. The first-order valence-electron chi connectivity index (χ1n) is 5.70. The van der Waals surface area contributed by atoms with Gasteiger partial charge in [-0.15, -0.1) is 0 Å². The number of aromatic nitrogens is 2. The number of primary sulfonamides is 1. The topological polar surface area (TPSA) is 107 Å². The third-order valence-electron chi connectivity index (χ3n) is 2.71. The summed E-state index contributed by atoms with van der Waals surface area (Å²) in [7, 11) is -1.99. The van der Waals surface area contributed by atoms with Crippen molar-refractivity contribution < 1.29 is 13.2 Å². The van der Waals surface area contributed by atoms with Gasteiger partial charge < -0.3 is 9.88 Å². The van der Waals surface area contributed by atoms with E-state index in [2.05, 4.69) is 10.3 Å². The minimum absolute atomic E-state index is 0.00540. The Kier molecular flexibility index (Phi) is 3.60. The molecule has 8 heteroatoms. The number of aryl methyl sites for hydroxylation is 2. The number of carbonyl (C=O) groups excluding carboxylic acids is 1. The third kappa shape index (κ3) is 3.03. The number of hydrogen-bond donors (Lipinski definition) is 2. The molecule has 1 heterocycles. The van der Waals surface area contributed by atoms with Crippen molar-refractivity contribution in [2.45, 2.75) is 11.8 Å². The quantitative estimate of drug-likeness (QED) is 0.865. The van der Waals surface area contributed by atoms with Crippen LogP contribution in [0.1, 0.15) is 16.1 Å². The number of hydrogen-bond acceptors (Lipinski definition) is 4. The number of carbonyl (C=O) groups is 1. The van der Waals surface area contributed by atoms with Crippen molar-refractivity contribution in [1.82, 2.24) is 9.55 Å². The van der Waals surface area contributed by atoms with E-state index in [1.165, 1.54) is 24.5 Å². The lowest BCUT2D eigenvalue weighted by molar-refractivity contribution is 0.102. The predicted octanol–water partition coefficient (Wildman–Crippen LogP) is 0.628. The molecular weight excluding hydrogens is 280 g/mol. The Labute approximate surface area is 116 Å². The number of nitrogens with one attached hydrogen (secondary N) is 1. The van der Waals surface area contributed by atoms with Gasteiger partial charge in [-0.05, 0) is 30.7 Å². The molecule has 1 amide bonds. The summed E-state index contributed by atoms with van der Waals surface area (Å²) in [5.74, 6) is -0.364. The molecule has 20 heavy (non-hydrogen) atoms. The molecule has 0 fully saturated rings. The molecule has 1 aromatic carbocycles. The molecule has 0 aliphatic rings. The molecule has 7 nitrogen and oxygen atoms in total. The van der Waals surface area contributed by atoms with E-state index in [0.29, 0.717) is 11.3 Å². The van der Waals surface area contributed by atoms with Crippen LogP contribution in [0.3, 0.4) is 0 Å². The van der Waals surface area contributed by atoms with E-state index in [1.54, 1.807) is 24.7 Å². The number of sulfonamides is 1. The van der Waals surface area contributed by atoms with Gasteiger partial charge in [-0.2, -0.15) is 0 Å². The molecule has 0 bridgehead atoms. The first kappa shape index (κ1) is 14.2. The molecule has 0 unspecified atom stereocenters. The first-order chi connectivity index (χ1) is 9.27. The van der Waals surface area contributed by atoms with E-state index in [1.807, 2.05) is 0 Å². The molecule has 1 aromatic heterocycles. The molecule has 2 aromatic rings. The van der Waals surface area contributed by atoms with Crippen LogP contribution in [0.15, 0.2) is 35.6 Å². The fourth-order valence-corrected chi connectivity index (χ4v) is 2.27. The van der Waals surface area contributed by atoms with E-state index in [0.717, 1.165) is 0 Å². The number of rotatable bonds is 3.